The van der Waals surface area contributed by atoms with Gasteiger partial charge in [0.2, 0.25) is 5.91 Å². The zero-order valence-electron chi connectivity index (χ0n) is 20.6. The fourth-order valence-corrected chi connectivity index (χ4v) is 4.52. The van der Waals surface area contributed by atoms with Crippen molar-refractivity contribution in [2.24, 2.45) is 11.8 Å². The molecule has 2 aromatic carbocycles. The molecule has 7 heteroatoms. The molecule has 0 radical (unpaired) electrons. The minimum absolute atomic E-state index is 0.00956. The monoisotopic (exact) mass is 480 g/mol. The average molecular weight is 481 g/mol. The van der Waals surface area contributed by atoms with Gasteiger partial charge in [-0.25, -0.2) is 4.79 Å². The highest BCUT2D eigenvalue weighted by atomic mass is 16.5. The van der Waals surface area contributed by atoms with Crippen LogP contribution in [-0.2, 0) is 14.3 Å². The maximum atomic E-state index is 12.5. The van der Waals surface area contributed by atoms with Crippen LogP contribution in [0.3, 0.4) is 0 Å². The molecule has 7 nitrogen and oxygen atoms in total. The van der Waals surface area contributed by atoms with Gasteiger partial charge < -0.3 is 20.5 Å². The van der Waals surface area contributed by atoms with Crippen LogP contribution < -0.4 is 10.6 Å². The van der Waals surface area contributed by atoms with Crippen LogP contribution in [0.15, 0.2) is 48.5 Å². The van der Waals surface area contributed by atoms with E-state index < -0.39 is 12.1 Å². The number of nitrogens with one attached hydrogen (secondary N) is 2. The zero-order valence-corrected chi connectivity index (χ0v) is 20.6. The molecule has 3 rings (SSSR count). The number of carboxylic acids is 1. The summed E-state index contributed by atoms with van der Waals surface area (Å²) in [4.78, 5) is 35.3. The van der Waals surface area contributed by atoms with Crippen molar-refractivity contribution in [3.8, 4) is 11.1 Å². The summed E-state index contributed by atoms with van der Waals surface area (Å²) in [6.07, 6.45) is 2.13. The third-order valence-corrected chi connectivity index (χ3v) is 6.63. The Hall–Kier alpha value is -3.35. The highest BCUT2D eigenvalue weighted by Crippen LogP contribution is 2.44. The minimum Gasteiger partial charge on any atom is -0.481 e. The Bertz CT molecular complexity index is 974. The van der Waals surface area contributed by atoms with Crippen LogP contribution >= 0.6 is 0 Å². The second-order valence-electron chi connectivity index (χ2n) is 9.47. The lowest BCUT2D eigenvalue weighted by Gasteiger charge is -2.21. The third-order valence-electron chi connectivity index (χ3n) is 6.63. The van der Waals surface area contributed by atoms with Gasteiger partial charge in [0.25, 0.3) is 0 Å². The van der Waals surface area contributed by atoms with Gasteiger partial charge in [-0.2, -0.15) is 0 Å². The van der Waals surface area contributed by atoms with Gasteiger partial charge in [-0.1, -0.05) is 68.8 Å². The van der Waals surface area contributed by atoms with Crippen molar-refractivity contribution in [3.05, 3.63) is 59.7 Å². The number of carbonyl (C=O) groups excluding carboxylic acids is 2. The van der Waals surface area contributed by atoms with Gasteiger partial charge in [0.1, 0.15) is 6.61 Å². The van der Waals surface area contributed by atoms with Crippen LogP contribution in [0.25, 0.3) is 11.1 Å². The maximum absolute atomic E-state index is 12.5. The molecule has 0 heterocycles. The predicted octanol–water partition coefficient (Wildman–Crippen LogP) is 4.95. The lowest BCUT2D eigenvalue weighted by molar-refractivity contribution is -0.137. The molecular formula is C28H36N2O5. The first-order valence-electron chi connectivity index (χ1n) is 12.4. The summed E-state index contributed by atoms with van der Waals surface area (Å²) in [5.41, 5.74) is 4.71. The van der Waals surface area contributed by atoms with E-state index in [0.29, 0.717) is 25.9 Å². The molecule has 0 saturated carbocycles. The maximum Gasteiger partial charge on any atom is 0.407 e. The highest BCUT2D eigenvalue weighted by molar-refractivity contribution is 5.79. The lowest BCUT2D eigenvalue weighted by atomic mass is 9.92. The number of fused-ring (bicyclic) bond motifs is 3. The molecule has 1 aliphatic rings. The van der Waals surface area contributed by atoms with Crippen molar-refractivity contribution in [1.29, 1.82) is 0 Å². The number of hydrogen-bond donors (Lipinski definition) is 3. The highest BCUT2D eigenvalue weighted by Gasteiger charge is 2.29. The van der Waals surface area contributed by atoms with Crippen LogP contribution in [-0.4, -0.2) is 42.8 Å². The van der Waals surface area contributed by atoms with Gasteiger partial charge in [0.05, 0.1) is 0 Å². The summed E-state index contributed by atoms with van der Waals surface area (Å²) in [5.74, 6) is -0.642. The Morgan fingerprint density at radius 2 is 1.54 bits per heavy atom. The molecule has 1 aliphatic carbocycles. The number of carboxylic acid groups (broad SMARTS) is 1. The first-order chi connectivity index (χ1) is 16.9. The minimum atomic E-state index is -0.794. The number of unbranched alkanes of at least 4 members (excludes halogenated alkanes) is 2. The quantitative estimate of drug-likeness (QED) is 0.352. The fourth-order valence-electron chi connectivity index (χ4n) is 4.52. The van der Waals surface area contributed by atoms with Gasteiger partial charge in [-0.05, 0) is 46.9 Å². The van der Waals surface area contributed by atoms with Crippen molar-refractivity contribution in [2.75, 3.05) is 19.7 Å². The van der Waals surface area contributed by atoms with Crippen LogP contribution in [0.1, 0.15) is 63.0 Å². The number of aliphatic carboxylic acids is 1. The van der Waals surface area contributed by atoms with E-state index in [9.17, 15) is 14.4 Å². The van der Waals surface area contributed by atoms with E-state index in [1.165, 1.54) is 22.3 Å². The number of ether oxygens (including phenoxy) is 1. The zero-order chi connectivity index (χ0) is 25.2. The molecule has 2 aromatic rings. The number of amides is 2. The van der Waals surface area contributed by atoms with Crippen LogP contribution in [0.5, 0.6) is 0 Å². The molecule has 0 aliphatic heterocycles. The first kappa shape index (κ1) is 26.3. The first-order valence-corrected chi connectivity index (χ1v) is 12.4. The molecule has 3 N–H and O–H groups in total. The molecule has 35 heavy (non-hydrogen) atoms. The molecule has 188 valence electrons. The Labute approximate surface area is 207 Å². The summed E-state index contributed by atoms with van der Waals surface area (Å²) in [6.45, 7) is 5.21. The summed E-state index contributed by atoms with van der Waals surface area (Å²) < 4.78 is 5.60. The van der Waals surface area contributed by atoms with E-state index in [0.717, 1.165) is 12.8 Å². The number of carbonyl (C=O) groups is 3. The molecule has 0 saturated heterocycles. The van der Waals surface area contributed by atoms with Crippen molar-refractivity contribution < 1.29 is 24.2 Å². The third kappa shape index (κ3) is 7.57. The molecular weight excluding hydrogens is 444 g/mol. The van der Waals surface area contributed by atoms with Gasteiger partial charge >= 0.3 is 12.1 Å². The Morgan fingerprint density at radius 3 is 2.14 bits per heavy atom. The smallest absolute Gasteiger partial charge is 0.407 e. The second-order valence-corrected chi connectivity index (χ2v) is 9.47. The van der Waals surface area contributed by atoms with Crippen LogP contribution in [0.2, 0.25) is 0 Å². The van der Waals surface area contributed by atoms with E-state index in [1.54, 1.807) is 0 Å². The van der Waals surface area contributed by atoms with Crippen LogP contribution in [0.4, 0.5) is 4.79 Å². The molecule has 0 spiro atoms. The predicted molar refractivity (Wildman–Crippen MR) is 135 cm³/mol. The summed E-state index contributed by atoms with van der Waals surface area (Å²) in [6, 6.07) is 16.4. The summed E-state index contributed by atoms with van der Waals surface area (Å²) >= 11 is 0. The van der Waals surface area contributed by atoms with E-state index in [2.05, 4.69) is 34.9 Å². The van der Waals surface area contributed by atoms with Crippen LogP contribution in [0, 0.1) is 11.8 Å². The molecule has 0 bridgehead atoms. The second kappa shape index (κ2) is 12.9. The van der Waals surface area contributed by atoms with E-state index in [-0.39, 0.29) is 36.7 Å². The van der Waals surface area contributed by atoms with E-state index >= 15 is 0 Å². The normalized spacial score (nSPS) is 13.1. The molecule has 0 fully saturated rings. The summed E-state index contributed by atoms with van der Waals surface area (Å²) in [7, 11) is 0. The molecule has 1 unspecified atom stereocenters. The van der Waals surface area contributed by atoms with Crippen molar-refractivity contribution in [2.45, 2.75) is 51.9 Å². The topological polar surface area (TPSA) is 105 Å². The van der Waals surface area contributed by atoms with E-state index in [1.807, 2.05) is 38.1 Å². The fraction of sp³-hybridized carbons (Fsp3) is 0.464. The SMILES string of the molecule is CC(C)C(CNC(=O)OCC1c2ccccc2-c2ccccc21)CC(=O)NCCCCCC(=O)O. The van der Waals surface area contributed by atoms with Crippen molar-refractivity contribution in [3.63, 3.8) is 0 Å². The lowest BCUT2D eigenvalue weighted by Crippen LogP contribution is -2.36. The molecule has 0 aromatic heterocycles. The largest absolute Gasteiger partial charge is 0.481 e. The number of benzene rings is 2. The van der Waals surface area contributed by atoms with Gasteiger partial charge in [-0.3, -0.25) is 9.59 Å². The number of alkyl carbamates (subject to hydrolysis) is 1. The van der Waals surface area contributed by atoms with E-state index in [4.69, 9.17) is 9.84 Å². The number of rotatable bonds is 13. The molecule has 1 atom stereocenters. The average Bonchev–Trinajstić information content (AvgIpc) is 3.16. The van der Waals surface area contributed by atoms with Gasteiger partial charge in [0.15, 0.2) is 0 Å². The Morgan fingerprint density at radius 1 is 0.914 bits per heavy atom. The molecule has 2 amide bonds. The standard InChI is InChI=1S/C28H36N2O5/c1-19(2)20(16-26(31)29-15-9-3-4-14-27(32)33)17-30-28(34)35-18-25-23-12-7-5-10-21(23)22-11-6-8-13-24(22)25/h5-8,10-13,19-20,25H,3-4,9,14-18H2,1-2H3,(H,29,31)(H,30,34)(H,32,33). The van der Waals surface area contributed by atoms with Gasteiger partial charge in [0, 0.05) is 31.8 Å². The summed E-state index contributed by atoms with van der Waals surface area (Å²) in [5, 5.41) is 14.4. The number of hydrogen-bond acceptors (Lipinski definition) is 4. The van der Waals surface area contributed by atoms with Crippen molar-refractivity contribution in [1.82, 2.24) is 10.6 Å². The van der Waals surface area contributed by atoms with Crippen molar-refractivity contribution >= 4 is 18.0 Å². The van der Waals surface area contributed by atoms with Gasteiger partial charge in [-0.15, -0.1) is 0 Å². The Balaban J connectivity index is 1.42. The Kier molecular flexibility index (Phi) is 9.70.